The third kappa shape index (κ3) is 5.54. The molecular weight excluding hydrogens is 256 g/mol. The summed E-state index contributed by atoms with van der Waals surface area (Å²) in [4.78, 5) is 0. The smallest absolute Gasteiger partial charge is 0.0821 e. The summed E-state index contributed by atoms with van der Waals surface area (Å²) in [6.45, 7) is 6.71. The number of hydrogen-bond donors (Lipinski definition) is 0. The van der Waals surface area contributed by atoms with Gasteiger partial charge in [0.05, 0.1) is 6.10 Å². The monoisotopic (exact) mass is 282 g/mol. The molecule has 0 saturated heterocycles. The molecule has 0 aromatic heterocycles. The maximum absolute atomic E-state index is 5.70. The molecule has 0 aliphatic rings. The number of alkyl halides is 1. The number of unbranched alkanes of at least 4 members (excludes halogenated alkanes) is 2. The summed E-state index contributed by atoms with van der Waals surface area (Å²) in [5, 5.41) is 0. The van der Waals surface area contributed by atoms with Gasteiger partial charge in [0.1, 0.15) is 0 Å². The maximum Gasteiger partial charge on any atom is 0.0821 e. The van der Waals surface area contributed by atoms with Crippen molar-refractivity contribution in [3.63, 3.8) is 0 Å². The highest BCUT2D eigenvalue weighted by molar-refractivity contribution is 6.17. The highest BCUT2D eigenvalue weighted by atomic mass is 35.5. The fourth-order valence-corrected chi connectivity index (χ4v) is 2.41. The molecule has 0 unspecified atom stereocenters. The van der Waals surface area contributed by atoms with Gasteiger partial charge in [-0.15, -0.1) is 11.6 Å². The third-order valence-electron chi connectivity index (χ3n) is 3.53. The van der Waals surface area contributed by atoms with Gasteiger partial charge in [-0.1, -0.05) is 57.9 Å². The summed E-state index contributed by atoms with van der Waals surface area (Å²) < 4.78 is 5.61. The van der Waals surface area contributed by atoms with Crippen LogP contribution in [0.5, 0.6) is 0 Å². The highest BCUT2D eigenvalue weighted by Gasteiger charge is 2.15. The van der Waals surface area contributed by atoms with Crippen molar-refractivity contribution in [2.75, 3.05) is 13.0 Å². The normalized spacial score (nSPS) is 13.5. The standard InChI is InChI=1S/C17H27ClO/c1-17(2,3)15-11-9-14(10-12-15)16(19-4)8-6-5-7-13-18/h9-12,16H,5-8,13H2,1-4H3/t16-/m0/s1. The van der Waals surface area contributed by atoms with Gasteiger partial charge in [0.25, 0.3) is 0 Å². The Kier molecular flexibility index (Phi) is 6.88. The molecule has 0 aliphatic carbocycles. The van der Waals surface area contributed by atoms with Gasteiger partial charge in [0, 0.05) is 13.0 Å². The maximum atomic E-state index is 5.70. The molecule has 0 heterocycles. The van der Waals surface area contributed by atoms with E-state index in [1.165, 1.54) is 24.0 Å². The average molecular weight is 283 g/mol. The molecule has 0 saturated carbocycles. The average Bonchev–Trinajstić information content (AvgIpc) is 2.38. The van der Waals surface area contributed by atoms with Crippen molar-refractivity contribution in [1.29, 1.82) is 0 Å². The van der Waals surface area contributed by atoms with Crippen molar-refractivity contribution in [2.24, 2.45) is 0 Å². The first-order valence-corrected chi connectivity index (χ1v) is 7.71. The largest absolute Gasteiger partial charge is 0.377 e. The van der Waals surface area contributed by atoms with Gasteiger partial charge in [-0.2, -0.15) is 0 Å². The van der Waals surface area contributed by atoms with Gasteiger partial charge < -0.3 is 4.74 Å². The van der Waals surface area contributed by atoms with Crippen molar-refractivity contribution in [3.8, 4) is 0 Å². The van der Waals surface area contributed by atoms with Gasteiger partial charge >= 0.3 is 0 Å². The molecule has 1 aromatic rings. The quantitative estimate of drug-likeness (QED) is 0.476. The molecule has 1 aromatic carbocycles. The van der Waals surface area contributed by atoms with E-state index in [0.29, 0.717) is 0 Å². The second-order valence-corrected chi connectivity index (χ2v) is 6.51. The highest BCUT2D eigenvalue weighted by Crippen LogP contribution is 2.27. The van der Waals surface area contributed by atoms with E-state index < -0.39 is 0 Å². The van der Waals surface area contributed by atoms with Crippen LogP contribution >= 0.6 is 11.6 Å². The van der Waals surface area contributed by atoms with E-state index >= 15 is 0 Å². The van der Waals surface area contributed by atoms with Crippen LogP contribution in [0.15, 0.2) is 24.3 Å². The summed E-state index contributed by atoms with van der Waals surface area (Å²) in [5.74, 6) is 0.762. The molecular formula is C17H27ClO. The molecule has 1 atom stereocenters. The van der Waals surface area contributed by atoms with Crippen LogP contribution in [0.4, 0.5) is 0 Å². The van der Waals surface area contributed by atoms with Gasteiger partial charge in [0.15, 0.2) is 0 Å². The molecule has 0 spiro atoms. The van der Waals surface area contributed by atoms with E-state index in [2.05, 4.69) is 45.0 Å². The summed E-state index contributed by atoms with van der Waals surface area (Å²) >= 11 is 5.70. The third-order valence-corrected chi connectivity index (χ3v) is 3.80. The molecule has 108 valence electrons. The summed E-state index contributed by atoms with van der Waals surface area (Å²) in [7, 11) is 1.80. The lowest BCUT2D eigenvalue weighted by atomic mass is 9.86. The number of methoxy groups -OCH3 is 1. The van der Waals surface area contributed by atoms with Crippen LogP contribution in [-0.2, 0) is 10.2 Å². The first-order chi connectivity index (χ1) is 8.99. The van der Waals surface area contributed by atoms with Crippen molar-refractivity contribution in [1.82, 2.24) is 0 Å². The minimum absolute atomic E-state index is 0.210. The van der Waals surface area contributed by atoms with E-state index in [-0.39, 0.29) is 11.5 Å². The Morgan fingerprint density at radius 2 is 1.68 bits per heavy atom. The number of ether oxygens (including phenoxy) is 1. The molecule has 0 amide bonds. The minimum atomic E-state index is 0.210. The van der Waals surface area contributed by atoms with Crippen molar-refractivity contribution in [2.45, 2.75) is 58.0 Å². The second kappa shape index (κ2) is 7.91. The van der Waals surface area contributed by atoms with Gasteiger partial charge in [-0.25, -0.2) is 0 Å². The molecule has 0 radical (unpaired) electrons. The predicted molar refractivity (Wildman–Crippen MR) is 84.1 cm³/mol. The Labute approximate surface area is 123 Å². The van der Waals surface area contributed by atoms with E-state index in [4.69, 9.17) is 16.3 Å². The van der Waals surface area contributed by atoms with Crippen LogP contribution in [0.1, 0.15) is 63.7 Å². The number of hydrogen-bond acceptors (Lipinski definition) is 1. The van der Waals surface area contributed by atoms with Crippen LogP contribution in [0.2, 0.25) is 0 Å². The zero-order chi connectivity index (χ0) is 14.3. The van der Waals surface area contributed by atoms with Gasteiger partial charge in [-0.3, -0.25) is 0 Å². The van der Waals surface area contributed by atoms with Crippen LogP contribution < -0.4 is 0 Å². The fraction of sp³-hybridized carbons (Fsp3) is 0.647. The van der Waals surface area contributed by atoms with Crippen LogP contribution in [0.3, 0.4) is 0 Å². The Bertz CT molecular complexity index is 351. The fourth-order valence-electron chi connectivity index (χ4n) is 2.22. The zero-order valence-corrected chi connectivity index (χ0v) is 13.5. The lowest BCUT2D eigenvalue weighted by Gasteiger charge is -2.21. The topological polar surface area (TPSA) is 9.23 Å². The Hall–Kier alpha value is -0.530. The van der Waals surface area contributed by atoms with Gasteiger partial charge in [0.2, 0.25) is 0 Å². The minimum Gasteiger partial charge on any atom is -0.377 e. The van der Waals surface area contributed by atoms with Gasteiger partial charge in [-0.05, 0) is 29.4 Å². The molecule has 0 aliphatic heterocycles. The van der Waals surface area contributed by atoms with Crippen LogP contribution in [0.25, 0.3) is 0 Å². The van der Waals surface area contributed by atoms with Crippen molar-refractivity contribution in [3.05, 3.63) is 35.4 Å². The first-order valence-electron chi connectivity index (χ1n) is 7.18. The lowest BCUT2D eigenvalue weighted by molar-refractivity contribution is 0.0932. The number of halogens is 1. The molecule has 1 nitrogen and oxygen atoms in total. The molecule has 0 fully saturated rings. The van der Waals surface area contributed by atoms with E-state index in [1.54, 1.807) is 7.11 Å². The lowest BCUT2D eigenvalue weighted by Crippen LogP contribution is -2.11. The summed E-state index contributed by atoms with van der Waals surface area (Å²) in [6, 6.07) is 8.85. The Morgan fingerprint density at radius 3 is 2.16 bits per heavy atom. The van der Waals surface area contributed by atoms with Crippen molar-refractivity contribution < 1.29 is 4.74 Å². The number of rotatable bonds is 7. The van der Waals surface area contributed by atoms with E-state index in [9.17, 15) is 0 Å². The van der Waals surface area contributed by atoms with Crippen LogP contribution in [-0.4, -0.2) is 13.0 Å². The predicted octanol–water partition coefficient (Wildman–Crippen LogP) is 5.47. The summed E-state index contributed by atoms with van der Waals surface area (Å²) in [5.41, 5.74) is 2.86. The Balaban J connectivity index is 2.61. The van der Waals surface area contributed by atoms with Crippen molar-refractivity contribution >= 4 is 11.6 Å². The Morgan fingerprint density at radius 1 is 1.05 bits per heavy atom. The first kappa shape index (κ1) is 16.5. The molecule has 2 heteroatoms. The van der Waals surface area contributed by atoms with Crippen LogP contribution in [0, 0.1) is 0 Å². The van der Waals surface area contributed by atoms with E-state index in [0.717, 1.165) is 18.7 Å². The molecule has 19 heavy (non-hydrogen) atoms. The zero-order valence-electron chi connectivity index (χ0n) is 12.7. The second-order valence-electron chi connectivity index (χ2n) is 6.13. The molecule has 1 rings (SSSR count). The molecule has 0 N–H and O–H groups in total. The van der Waals surface area contributed by atoms with E-state index in [1.807, 2.05) is 0 Å². The number of benzene rings is 1. The SMILES string of the molecule is CO[C@@H](CCCCCCl)c1ccc(C(C)(C)C)cc1. The molecule has 0 bridgehead atoms. The summed E-state index contributed by atoms with van der Waals surface area (Å²) in [6.07, 6.45) is 4.74.